The van der Waals surface area contributed by atoms with Crippen LogP contribution in [0.1, 0.15) is 12.5 Å². The van der Waals surface area contributed by atoms with Gasteiger partial charge in [0, 0.05) is 12.2 Å². The summed E-state index contributed by atoms with van der Waals surface area (Å²) in [4.78, 5) is 0. The van der Waals surface area contributed by atoms with Crippen molar-refractivity contribution in [2.75, 3.05) is 18.9 Å². The number of nitrogen functional groups attached to an aromatic ring is 1. The van der Waals surface area contributed by atoms with E-state index in [4.69, 9.17) is 22.1 Å². The number of anilines is 1. The third-order valence-electron chi connectivity index (χ3n) is 3.00. The Morgan fingerprint density at radius 2 is 2.33 bits per heavy atom. The zero-order valence-corrected chi connectivity index (χ0v) is 10.3. The lowest BCUT2D eigenvalue weighted by atomic mass is 10.2. The zero-order chi connectivity index (χ0) is 12.5. The Hall–Kier alpha value is -1.66. The molecule has 1 saturated heterocycles. The van der Waals surface area contributed by atoms with Crippen molar-refractivity contribution >= 4 is 17.3 Å². The van der Waals surface area contributed by atoms with Gasteiger partial charge < -0.3 is 10.5 Å². The van der Waals surface area contributed by atoms with Crippen LogP contribution in [0.4, 0.5) is 5.69 Å². The summed E-state index contributed by atoms with van der Waals surface area (Å²) in [7, 11) is 0. The van der Waals surface area contributed by atoms with Crippen molar-refractivity contribution < 1.29 is 4.74 Å². The second-order valence-corrected chi connectivity index (χ2v) is 4.61. The Kier molecular flexibility index (Phi) is 2.89. The highest BCUT2D eigenvalue weighted by atomic mass is 35.5. The summed E-state index contributed by atoms with van der Waals surface area (Å²) in [6.07, 6.45) is 0.917. The van der Waals surface area contributed by atoms with E-state index in [2.05, 4.69) is 15.5 Å². The van der Waals surface area contributed by atoms with Crippen LogP contribution in [0.25, 0.3) is 11.4 Å². The van der Waals surface area contributed by atoms with Crippen LogP contribution >= 0.6 is 11.6 Å². The fourth-order valence-corrected chi connectivity index (χ4v) is 2.19. The summed E-state index contributed by atoms with van der Waals surface area (Å²) in [5.41, 5.74) is 7.09. The molecular weight excluding hydrogens is 254 g/mol. The van der Waals surface area contributed by atoms with Crippen molar-refractivity contribution in [3.63, 3.8) is 0 Å². The SMILES string of the molecule is Nc1ccc(-c2nnnn2C2CCOC2)cc1Cl. The van der Waals surface area contributed by atoms with Crippen LogP contribution < -0.4 is 5.73 Å². The summed E-state index contributed by atoms with van der Waals surface area (Å²) < 4.78 is 7.14. The van der Waals surface area contributed by atoms with E-state index in [0.29, 0.717) is 23.1 Å². The number of hydrogen-bond acceptors (Lipinski definition) is 5. The summed E-state index contributed by atoms with van der Waals surface area (Å²) in [6, 6.07) is 5.57. The van der Waals surface area contributed by atoms with Crippen molar-refractivity contribution in [3.8, 4) is 11.4 Å². The minimum atomic E-state index is 0.186. The molecule has 0 radical (unpaired) electrons. The summed E-state index contributed by atoms with van der Waals surface area (Å²) >= 11 is 6.02. The lowest BCUT2D eigenvalue weighted by Gasteiger charge is -2.10. The number of benzene rings is 1. The molecule has 1 fully saturated rings. The van der Waals surface area contributed by atoms with Gasteiger partial charge >= 0.3 is 0 Å². The fraction of sp³-hybridized carbons (Fsp3) is 0.364. The van der Waals surface area contributed by atoms with E-state index in [-0.39, 0.29) is 6.04 Å². The molecule has 6 nitrogen and oxygen atoms in total. The van der Waals surface area contributed by atoms with Crippen molar-refractivity contribution in [3.05, 3.63) is 23.2 Å². The van der Waals surface area contributed by atoms with Crippen molar-refractivity contribution in [2.45, 2.75) is 12.5 Å². The van der Waals surface area contributed by atoms with Gasteiger partial charge in [0.25, 0.3) is 0 Å². The van der Waals surface area contributed by atoms with E-state index in [1.165, 1.54) is 0 Å². The predicted octanol–water partition coefficient (Wildman–Crippen LogP) is 1.54. The molecule has 2 heterocycles. The van der Waals surface area contributed by atoms with E-state index >= 15 is 0 Å². The highest BCUT2D eigenvalue weighted by Crippen LogP contribution is 2.28. The van der Waals surface area contributed by atoms with Crippen molar-refractivity contribution in [1.29, 1.82) is 0 Å². The number of aromatic nitrogens is 4. The average Bonchev–Trinajstić information content (AvgIpc) is 3.00. The molecule has 0 bridgehead atoms. The number of tetrazole rings is 1. The largest absolute Gasteiger partial charge is 0.398 e. The molecule has 94 valence electrons. The maximum absolute atomic E-state index is 6.02. The van der Waals surface area contributed by atoms with Crippen LogP contribution in [-0.4, -0.2) is 33.4 Å². The maximum atomic E-state index is 6.02. The molecule has 2 N–H and O–H groups in total. The second kappa shape index (κ2) is 4.55. The number of rotatable bonds is 2. The summed E-state index contributed by atoms with van der Waals surface area (Å²) in [6.45, 7) is 1.38. The Labute approximate surface area is 109 Å². The molecule has 1 aliphatic heterocycles. The van der Waals surface area contributed by atoms with E-state index < -0.39 is 0 Å². The number of nitrogens with two attached hydrogens (primary N) is 1. The molecule has 3 rings (SSSR count). The average molecular weight is 266 g/mol. The molecule has 0 spiro atoms. The molecule has 7 heteroatoms. The van der Waals surface area contributed by atoms with Crippen molar-refractivity contribution in [2.24, 2.45) is 0 Å². The zero-order valence-electron chi connectivity index (χ0n) is 9.58. The summed E-state index contributed by atoms with van der Waals surface area (Å²) in [5, 5.41) is 12.3. The van der Waals surface area contributed by atoms with Gasteiger partial charge in [-0.3, -0.25) is 0 Å². The van der Waals surface area contributed by atoms with E-state index in [1.807, 2.05) is 6.07 Å². The molecule has 0 aliphatic carbocycles. The molecule has 18 heavy (non-hydrogen) atoms. The standard InChI is InChI=1S/C11H12ClN5O/c12-9-5-7(1-2-10(9)13)11-14-15-16-17(11)8-3-4-18-6-8/h1-2,5,8H,3-4,6,13H2. The molecular formula is C11H12ClN5O. The fourth-order valence-electron chi connectivity index (χ4n) is 2.01. The summed E-state index contributed by atoms with van der Waals surface area (Å²) in [5.74, 6) is 0.687. The minimum Gasteiger partial charge on any atom is -0.398 e. The molecule has 2 aromatic rings. The minimum absolute atomic E-state index is 0.186. The first-order chi connectivity index (χ1) is 8.75. The number of nitrogens with zero attached hydrogens (tertiary/aromatic N) is 4. The van der Waals surface area contributed by atoms with Crippen LogP contribution in [0.2, 0.25) is 5.02 Å². The first-order valence-electron chi connectivity index (χ1n) is 5.66. The normalized spacial score (nSPS) is 19.3. The quantitative estimate of drug-likeness (QED) is 0.833. The van der Waals surface area contributed by atoms with Crippen molar-refractivity contribution in [1.82, 2.24) is 20.2 Å². The van der Waals surface area contributed by atoms with E-state index in [1.54, 1.807) is 16.8 Å². The van der Waals surface area contributed by atoms with Gasteiger partial charge in [-0.25, -0.2) is 4.68 Å². The third-order valence-corrected chi connectivity index (χ3v) is 3.33. The lowest BCUT2D eigenvalue weighted by molar-refractivity contribution is 0.184. The van der Waals surface area contributed by atoms with Crippen LogP contribution in [0.5, 0.6) is 0 Å². The lowest BCUT2D eigenvalue weighted by Crippen LogP contribution is -2.12. The monoisotopic (exact) mass is 265 g/mol. The van der Waals surface area contributed by atoms with E-state index in [9.17, 15) is 0 Å². The molecule has 1 aromatic heterocycles. The Balaban J connectivity index is 2.00. The number of ether oxygens (including phenoxy) is 1. The van der Waals surface area contributed by atoms with Crippen LogP contribution in [-0.2, 0) is 4.74 Å². The van der Waals surface area contributed by atoms with Crippen LogP contribution in [0.15, 0.2) is 18.2 Å². The Morgan fingerprint density at radius 3 is 3.06 bits per heavy atom. The Bertz CT molecular complexity index is 564. The van der Waals surface area contributed by atoms with Crippen LogP contribution in [0, 0.1) is 0 Å². The van der Waals surface area contributed by atoms with Crippen LogP contribution in [0.3, 0.4) is 0 Å². The molecule has 1 aromatic carbocycles. The van der Waals surface area contributed by atoms with Gasteiger partial charge in [0.15, 0.2) is 5.82 Å². The molecule has 1 unspecified atom stereocenters. The number of hydrogen-bond donors (Lipinski definition) is 1. The molecule has 1 atom stereocenters. The molecule has 0 saturated carbocycles. The van der Waals surface area contributed by atoms with E-state index in [0.717, 1.165) is 18.6 Å². The maximum Gasteiger partial charge on any atom is 0.182 e. The smallest absolute Gasteiger partial charge is 0.182 e. The first-order valence-corrected chi connectivity index (χ1v) is 6.04. The van der Waals surface area contributed by atoms with Gasteiger partial charge in [-0.05, 0) is 35.0 Å². The third kappa shape index (κ3) is 1.93. The topological polar surface area (TPSA) is 78.9 Å². The number of halogens is 1. The Morgan fingerprint density at radius 1 is 1.44 bits per heavy atom. The molecule has 0 amide bonds. The van der Waals surface area contributed by atoms with Gasteiger partial charge in [0.05, 0.1) is 23.4 Å². The first kappa shape index (κ1) is 11.4. The van der Waals surface area contributed by atoms with Gasteiger partial charge in [0.2, 0.25) is 0 Å². The van der Waals surface area contributed by atoms with Gasteiger partial charge in [-0.2, -0.15) is 0 Å². The second-order valence-electron chi connectivity index (χ2n) is 4.20. The van der Waals surface area contributed by atoms with Gasteiger partial charge in [-0.1, -0.05) is 11.6 Å². The highest BCUT2D eigenvalue weighted by molar-refractivity contribution is 6.33. The molecule has 1 aliphatic rings. The van der Waals surface area contributed by atoms with Gasteiger partial charge in [0.1, 0.15) is 0 Å². The predicted molar refractivity (Wildman–Crippen MR) is 67.1 cm³/mol. The van der Waals surface area contributed by atoms with Gasteiger partial charge in [-0.15, -0.1) is 5.10 Å². The highest BCUT2D eigenvalue weighted by Gasteiger charge is 2.22.